The summed E-state index contributed by atoms with van der Waals surface area (Å²) in [6.07, 6.45) is 0. The molecule has 2 amide bonds. The van der Waals surface area contributed by atoms with Crippen molar-refractivity contribution in [2.24, 2.45) is 0 Å². The molecule has 2 aromatic rings. The zero-order chi connectivity index (χ0) is 18.7. The lowest BCUT2D eigenvalue weighted by Gasteiger charge is -2.12. The van der Waals surface area contributed by atoms with Crippen LogP contribution in [0.15, 0.2) is 58.7 Å². The fraction of sp³-hybridized carbons (Fsp3) is 0.200. The third-order valence-electron chi connectivity index (χ3n) is 4.03. The van der Waals surface area contributed by atoms with Crippen molar-refractivity contribution < 1.29 is 14.3 Å². The van der Waals surface area contributed by atoms with Crippen LogP contribution in [-0.4, -0.2) is 29.9 Å². The summed E-state index contributed by atoms with van der Waals surface area (Å²) < 4.78 is 6.33. The highest BCUT2D eigenvalue weighted by molar-refractivity contribution is 9.10. The van der Waals surface area contributed by atoms with Crippen molar-refractivity contribution in [1.29, 1.82) is 0 Å². The predicted octanol–water partition coefficient (Wildman–Crippen LogP) is 4.06. The Morgan fingerprint density at radius 1 is 1.04 bits per heavy atom. The van der Waals surface area contributed by atoms with Crippen LogP contribution in [0, 0.1) is 0 Å². The minimum absolute atomic E-state index is 0.291. The Morgan fingerprint density at radius 2 is 1.77 bits per heavy atom. The van der Waals surface area contributed by atoms with Gasteiger partial charge in [-0.25, -0.2) is 0 Å². The van der Waals surface area contributed by atoms with Gasteiger partial charge >= 0.3 is 0 Å². The van der Waals surface area contributed by atoms with Crippen LogP contribution in [-0.2, 0) is 9.59 Å². The van der Waals surface area contributed by atoms with Crippen molar-refractivity contribution in [1.82, 2.24) is 4.90 Å². The Labute approximate surface area is 160 Å². The minimum Gasteiger partial charge on any atom is -0.494 e. The fourth-order valence-corrected chi connectivity index (χ4v) is 3.24. The number of nitrogens with one attached hydrogen (secondary N) is 1. The van der Waals surface area contributed by atoms with E-state index in [-0.39, 0.29) is 11.8 Å². The molecule has 1 N–H and O–H groups in total. The van der Waals surface area contributed by atoms with Crippen LogP contribution in [0.3, 0.4) is 0 Å². The maximum atomic E-state index is 12.8. The maximum Gasteiger partial charge on any atom is 0.278 e. The molecule has 0 radical (unpaired) electrons. The molecular weight excluding hydrogens is 396 g/mol. The third kappa shape index (κ3) is 3.51. The first-order chi connectivity index (χ1) is 12.5. The largest absolute Gasteiger partial charge is 0.494 e. The molecule has 0 spiro atoms. The Balaban J connectivity index is 2.03. The second kappa shape index (κ2) is 7.74. The molecule has 0 saturated carbocycles. The molecule has 0 saturated heterocycles. The van der Waals surface area contributed by atoms with Crippen molar-refractivity contribution in [2.45, 2.75) is 13.8 Å². The summed E-state index contributed by atoms with van der Waals surface area (Å²) in [5, 5.41) is 3.12. The first kappa shape index (κ1) is 18.2. The van der Waals surface area contributed by atoms with E-state index in [0.717, 1.165) is 15.9 Å². The van der Waals surface area contributed by atoms with E-state index >= 15 is 0 Å². The van der Waals surface area contributed by atoms with Crippen LogP contribution in [0.4, 0.5) is 5.69 Å². The molecule has 0 bridgehead atoms. The number of halogens is 1. The predicted molar refractivity (Wildman–Crippen MR) is 105 cm³/mol. The van der Waals surface area contributed by atoms with Gasteiger partial charge in [0.05, 0.1) is 12.2 Å². The minimum atomic E-state index is -0.318. The third-order valence-corrected chi connectivity index (χ3v) is 4.53. The number of imide groups is 1. The van der Waals surface area contributed by atoms with Crippen LogP contribution in [0.2, 0.25) is 0 Å². The summed E-state index contributed by atoms with van der Waals surface area (Å²) in [5.74, 6) is 0.114. The summed E-state index contributed by atoms with van der Waals surface area (Å²) in [7, 11) is 0. The number of rotatable bonds is 6. The quantitative estimate of drug-likeness (QED) is 0.723. The zero-order valence-electron chi connectivity index (χ0n) is 14.6. The van der Waals surface area contributed by atoms with E-state index in [9.17, 15) is 9.59 Å². The Morgan fingerprint density at radius 3 is 2.38 bits per heavy atom. The van der Waals surface area contributed by atoms with E-state index < -0.39 is 0 Å². The van der Waals surface area contributed by atoms with E-state index in [0.29, 0.717) is 30.0 Å². The van der Waals surface area contributed by atoms with Gasteiger partial charge in [0.15, 0.2) is 0 Å². The number of nitrogens with zero attached hydrogens (tertiary/aromatic N) is 1. The van der Waals surface area contributed by atoms with Gasteiger partial charge in [-0.3, -0.25) is 14.5 Å². The van der Waals surface area contributed by atoms with Crippen molar-refractivity contribution in [3.05, 3.63) is 64.3 Å². The molecule has 26 heavy (non-hydrogen) atoms. The molecule has 5 nitrogen and oxygen atoms in total. The number of likely N-dealkylation sites (N-methyl/N-ethyl adjacent to an activating group) is 1. The highest BCUT2D eigenvalue weighted by Gasteiger charge is 2.38. The fourth-order valence-electron chi connectivity index (χ4n) is 2.84. The lowest BCUT2D eigenvalue weighted by Crippen LogP contribution is -2.32. The number of ether oxygens (including phenoxy) is 1. The van der Waals surface area contributed by atoms with Crippen LogP contribution in [0.5, 0.6) is 5.75 Å². The monoisotopic (exact) mass is 414 g/mol. The molecule has 1 heterocycles. The Bertz CT molecular complexity index is 875. The summed E-state index contributed by atoms with van der Waals surface area (Å²) in [5.41, 5.74) is 2.08. The SMILES string of the molecule is CCOc1ccc(C2=C(Nc3cccc(Br)c3)C(=O)N(CC)C2=O)cc1. The average Bonchev–Trinajstić information content (AvgIpc) is 2.86. The Kier molecular flexibility index (Phi) is 5.42. The molecule has 3 rings (SSSR count). The molecular formula is C20H19BrN2O3. The molecule has 2 aromatic carbocycles. The van der Waals surface area contributed by atoms with E-state index in [2.05, 4.69) is 21.2 Å². The lowest BCUT2D eigenvalue weighted by atomic mass is 10.0. The second-order valence-corrected chi connectivity index (χ2v) is 6.61. The molecule has 134 valence electrons. The van der Waals surface area contributed by atoms with Gasteiger partial charge < -0.3 is 10.1 Å². The molecule has 1 aliphatic rings. The smallest absolute Gasteiger partial charge is 0.278 e. The normalized spacial score (nSPS) is 14.2. The molecule has 0 unspecified atom stereocenters. The summed E-state index contributed by atoms with van der Waals surface area (Å²) in [6, 6.07) is 14.7. The van der Waals surface area contributed by atoms with Gasteiger partial charge in [-0.15, -0.1) is 0 Å². The number of hydrogen-bond donors (Lipinski definition) is 1. The van der Waals surface area contributed by atoms with Gasteiger partial charge in [-0.2, -0.15) is 0 Å². The van der Waals surface area contributed by atoms with Gasteiger partial charge in [0.2, 0.25) is 0 Å². The van der Waals surface area contributed by atoms with Gasteiger partial charge in [0, 0.05) is 16.7 Å². The van der Waals surface area contributed by atoms with Crippen molar-refractivity contribution in [3.63, 3.8) is 0 Å². The van der Waals surface area contributed by atoms with E-state index in [1.54, 1.807) is 31.2 Å². The zero-order valence-corrected chi connectivity index (χ0v) is 16.2. The van der Waals surface area contributed by atoms with Gasteiger partial charge in [-0.05, 0) is 49.7 Å². The van der Waals surface area contributed by atoms with Crippen LogP contribution in [0.1, 0.15) is 19.4 Å². The summed E-state index contributed by atoms with van der Waals surface area (Å²) in [6.45, 7) is 4.59. The number of carbonyl (C=O) groups excluding carboxylic acids is 2. The second-order valence-electron chi connectivity index (χ2n) is 5.70. The summed E-state index contributed by atoms with van der Waals surface area (Å²) in [4.78, 5) is 26.8. The highest BCUT2D eigenvalue weighted by atomic mass is 79.9. The standard InChI is InChI=1S/C20H19BrN2O3/c1-3-23-19(24)17(13-8-10-16(11-9-13)26-4-2)18(20(23)25)22-15-7-5-6-14(21)12-15/h5-12,22H,3-4H2,1-2H3. The number of hydrogen-bond acceptors (Lipinski definition) is 4. The van der Waals surface area contributed by atoms with Crippen LogP contribution < -0.4 is 10.1 Å². The lowest BCUT2D eigenvalue weighted by molar-refractivity contribution is -0.136. The Hall–Kier alpha value is -2.60. The van der Waals surface area contributed by atoms with Gasteiger partial charge in [-0.1, -0.05) is 34.1 Å². The van der Waals surface area contributed by atoms with E-state index in [4.69, 9.17) is 4.74 Å². The molecule has 6 heteroatoms. The maximum absolute atomic E-state index is 12.8. The van der Waals surface area contributed by atoms with Crippen molar-refractivity contribution in [2.75, 3.05) is 18.5 Å². The number of benzene rings is 2. The van der Waals surface area contributed by atoms with Crippen LogP contribution >= 0.6 is 15.9 Å². The van der Waals surface area contributed by atoms with Crippen LogP contribution in [0.25, 0.3) is 5.57 Å². The molecule has 0 fully saturated rings. The van der Waals surface area contributed by atoms with Crippen molar-refractivity contribution >= 4 is 39.0 Å². The molecule has 0 aliphatic carbocycles. The van der Waals surface area contributed by atoms with Gasteiger partial charge in [0.1, 0.15) is 11.4 Å². The first-order valence-electron chi connectivity index (χ1n) is 8.41. The van der Waals surface area contributed by atoms with Crippen molar-refractivity contribution in [3.8, 4) is 5.75 Å². The highest BCUT2D eigenvalue weighted by Crippen LogP contribution is 2.31. The average molecular weight is 415 g/mol. The first-order valence-corrected chi connectivity index (χ1v) is 9.20. The van der Waals surface area contributed by atoms with Gasteiger partial charge in [0.25, 0.3) is 11.8 Å². The number of anilines is 1. The molecule has 1 aliphatic heterocycles. The summed E-state index contributed by atoms with van der Waals surface area (Å²) >= 11 is 3.41. The number of carbonyl (C=O) groups is 2. The number of amides is 2. The molecule has 0 atom stereocenters. The van der Waals surface area contributed by atoms with E-state index in [1.807, 2.05) is 31.2 Å². The van der Waals surface area contributed by atoms with E-state index in [1.165, 1.54) is 4.90 Å². The molecule has 0 aromatic heterocycles. The topological polar surface area (TPSA) is 58.6 Å².